The molecule has 154 valence electrons. The summed E-state index contributed by atoms with van der Waals surface area (Å²) in [5.74, 6) is -1.74. The second-order valence-corrected chi connectivity index (χ2v) is 7.32. The maximum absolute atomic E-state index is 13.4. The molecule has 0 saturated heterocycles. The number of ketones is 1. The number of benzene rings is 3. The van der Waals surface area contributed by atoms with E-state index in [2.05, 4.69) is 5.32 Å². The first-order chi connectivity index (χ1) is 15.0. The number of hydrogen-bond acceptors (Lipinski definition) is 4. The van der Waals surface area contributed by atoms with Gasteiger partial charge in [-0.05, 0) is 36.8 Å². The Morgan fingerprint density at radius 3 is 1.97 bits per heavy atom. The number of carbonyl (C=O) groups is 4. The van der Waals surface area contributed by atoms with Crippen molar-refractivity contribution in [1.82, 2.24) is 4.90 Å². The Morgan fingerprint density at radius 1 is 0.806 bits per heavy atom. The van der Waals surface area contributed by atoms with Crippen molar-refractivity contribution in [3.05, 3.63) is 101 Å². The first-order valence-corrected chi connectivity index (χ1v) is 9.89. The van der Waals surface area contributed by atoms with E-state index in [1.54, 1.807) is 48.5 Å². The van der Waals surface area contributed by atoms with Gasteiger partial charge in [-0.3, -0.25) is 24.1 Å². The van der Waals surface area contributed by atoms with Gasteiger partial charge in [0.05, 0.1) is 16.8 Å². The molecule has 0 unspecified atom stereocenters. The number of para-hydroxylation sites is 1. The molecule has 1 aliphatic rings. The van der Waals surface area contributed by atoms with Crippen molar-refractivity contribution < 1.29 is 19.2 Å². The van der Waals surface area contributed by atoms with E-state index < -0.39 is 23.8 Å². The van der Waals surface area contributed by atoms with Gasteiger partial charge in [-0.1, -0.05) is 54.6 Å². The molecule has 1 N–H and O–H groups in total. The Bertz CT molecular complexity index is 1150. The molecule has 3 amide bonds. The fourth-order valence-electron chi connectivity index (χ4n) is 3.74. The van der Waals surface area contributed by atoms with Crippen LogP contribution in [0.3, 0.4) is 0 Å². The summed E-state index contributed by atoms with van der Waals surface area (Å²) < 4.78 is 0. The zero-order valence-corrected chi connectivity index (χ0v) is 16.9. The van der Waals surface area contributed by atoms with Gasteiger partial charge in [0.15, 0.2) is 5.78 Å². The number of imide groups is 1. The molecular weight excluding hydrogens is 392 g/mol. The van der Waals surface area contributed by atoms with Crippen molar-refractivity contribution in [3.8, 4) is 0 Å². The predicted molar refractivity (Wildman–Crippen MR) is 116 cm³/mol. The van der Waals surface area contributed by atoms with Crippen molar-refractivity contribution in [1.29, 1.82) is 0 Å². The van der Waals surface area contributed by atoms with Crippen LogP contribution in [0.25, 0.3) is 0 Å². The summed E-state index contributed by atoms with van der Waals surface area (Å²) >= 11 is 0. The van der Waals surface area contributed by atoms with Gasteiger partial charge in [-0.2, -0.15) is 0 Å². The first-order valence-electron chi connectivity index (χ1n) is 9.89. The van der Waals surface area contributed by atoms with Gasteiger partial charge in [-0.15, -0.1) is 0 Å². The lowest BCUT2D eigenvalue weighted by Gasteiger charge is -2.26. The molecule has 0 radical (unpaired) electrons. The lowest BCUT2D eigenvalue weighted by Crippen LogP contribution is -2.48. The Kier molecular flexibility index (Phi) is 5.45. The summed E-state index contributed by atoms with van der Waals surface area (Å²) in [6, 6.07) is 21.3. The fraction of sp³-hybridized carbons (Fsp3) is 0.120. The molecule has 4 rings (SSSR count). The normalized spacial score (nSPS) is 13.6. The summed E-state index contributed by atoms with van der Waals surface area (Å²) in [5, 5.41) is 2.75. The third kappa shape index (κ3) is 3.88. The van der Waals surface area contributed by atoms with Crippen LogP contribution in [0, 0.1) is 0 Å². The van der Waals surface area contributed by atoms with E-state index in [9.17, 15) is 19.2 Å². The van der Waals surface area contributed by atoms with E-state index >= 15 is 0 Å². The molecule has 0 spiro atoms. The van der Waals surface area contributed by atoms with Crippen molar-refractivity contribution >= 4 is 29.2 Å². The highest BCUT2D eigenvalue weighted by Gasteiger charge is 2.42. The van der Waals surface area contributed by atoms with E-state index in [0.29, 0.717) is 11.3 Å². The highest BCUT2D eigenvalue weighted by Crippen LogP contribution is 2.27. The Morgan fingerprint density at radius 2 is 1.35 bits per heavy atom. The Labute approximate surface area is 179 Å². The van der Waals surface area contributed by atoms with Gasteiger partial charge in [-0.25, -0.2) is 0 Å². The standard InChI is InChI=1S/C25H20N2O4/c1-16(28)18-11-7-8-14-21(18)26-23(29)22(15-17-9-3-2-4-10-17)27-24(30)19-12-5-6-13-20(19)25(27)31/h2-14,22H,15H2,1H3,(H,26,29)/t22-/m0/s1. The minimum atomic E-state index is -1.07. The van der Waals surface area contributed by atoms with Crippen molar-refractivity contribution in [2.24, 2.45) is 0 Å². The smallest absolute Gasteiger partial charge is 0.262 e. The van der Waals surface area contributed by atoms with Gasteiger partial charge < -0.3 is 5.32 Å². The lowest BCUT2D eigenvalue weighted by molar-refractivity contribution is -0.119. The van der Waals surface area contributed by atoms with E-state index in [1.165, 1.54) is 6.92 Å². The molecule has 1 heterocycles. The predicted octanol–water partition coefficient (Wildman–Crippen LogP) is 3.74. The number of nitrogens with zero attached hydrogens (tertiary/aromatic N) is 1. The molecule has 3 aromatic rings. The number of Topliss-reactive ketones (excluding diaryl/α,β-unsaturated/α-hetero) is 1. The third-order valence-electron chi connectivity index (χ3n) is 5.28. The molecule has 0 aliphatic carbocycles. The van der Waals surface area contributed by atoms with Crippen LogP contribution in [0.4, 0.5) is 5.69 Å². The average Bonchev–Trinajstić information content (AvgIpc) is 3.03. The molecule has 3 aromatic carbocycles. The van der Waals surface area contributed by atoms with Crippen molar-refractivity contribution in [2.45, 2.75) is 19.4 Å². The molecule has 31 heavy (non-hydrogen) atoms. The monoisotopic (exact) mass is 412 g/mol. The summed E-state index contributed by atoms with van der Waals surface area (Å²) in [7, 11) is 0. The number of carbonyl (C=O) groups excluding carboxylic acids is 4. The molecule has 0 bridgehead atoms. The Hall–Kier alpha value is -4.06. The van der Waals surface area contributed by atoms with Crippen molar-refractivity contribution in [3.63, 3.8) is 0 Å². The third-order valence-corrected chi connectivity index (χ3v) is 5.28. The highest BCUT2D eigenvalue weighted by atomic mass is 16.2. The van der Waals surface area contributed by atoms with Crippen LogP contribution in [0.5, 0.6) is 0 Å². The van der Waals surface area contributed by atoms with E-state index in [0.717, 1.165) is 10.5 Å². The van der Waals surface area contributed by atoms with Gasteiger partial charge in [0, 0.05) is 12.0 Å². The first kappa shape index (κ1) is 20.2. The maximum atomic E-state index is 13.4. The molecular formula is C25H20N2O4. The SMILES string of the molecule is CC(=O)c1ccccc1NC(=O)[C@H](Cc1ccccc1)N1C(=O)c2ccccc2C1=O. The van der Waals surface area contributed by atoms with Gasteiger partial charge in [0.1, 0.15) is 6.04 Å². The molecule has 0 saturated carbocycles. The van der Waals surface area contributed by atoms with Crippen molar-refractivity contribution in [2.75, 3.05) is 5.32 Å². The van der Waals surface area contributed by atoms with E-state index in [4.69, 9.17) is 0 Å². The number of anilines is 1. The van der Waals surface area contributed by atoms with E-state index in [-0.39, 0.29) is 23.3 Å². The van der Waals surface area contributed by atoms with Crippen LogP contribution in [0.15, 0.2) is 78.9 Å². The van der Waals surface area contributed by atoms with Crippen LogP contribution in [-0.2, 0) is 11.2 Å². The fourth-order valence-corrected chi connectivity index (χ4v) is 3.74. The molecule has 0 fully saturated rings. The second-order valence-electron chi connectivity index (χ2n) is 7.32. The van der Waals surface area contributed by atoms with Crippen LogP contribution in [0.2, 0.25) is 0 Å². The largest absolute Gasteiger partial charge is 0.324 e. The molecule has 1 atom stereocenters. The number of hydrogen-bond donors (Lipinski definition) is 1. The lowest BCUT2D eigenvalue weighted by atomic mass is 10.0. The summed E-state index contributed by atoms with van der Waals surface area (Å²) in [5.41, 5.74) is 2.07. The zero-order valence-electron chi connectivity index (χ0n) is 16.9. The van der Waals surface area contributed by atoms with Crippen LogP contribution < -0.4 is 5.32 Å². The van der Waals surface area contributed by atoms with Crippen LogP contribution in [-0.4, -0.2) is 34.4 Å². The van der Waals surface area contributed by atoms with Crippen LogP contribution >= 0.6 is 0 Å². The molecule has 6 nitrogen and oxygen atoms in total. The minimum absolute atomic E-state index is 0.153. The van der Waals surface area contributed by atoms with Gasteiger partial charge in [0.2, 0.25) is 5.91 Å². The highest BCUT2D eigenvalue weighted by molar-refractivity contribution is 6.23. The van der Waals surface area contributed by atoms with Crippen LogP contribution in [0.1, 0.15) is 43.6 Å². The number of rotatable bonds is 6. The maximum Gasteiger partial charge on any atom is 0.262 e. The topological polar surface area (TPSA) is 83.6 Å². The molecule has 0 aromatic heterocycles. The zero-order chi connectivity index (χ0) is 22.0. The van der Waals surface area contributed by atoms with E-state index in [1.807, 2.05) is 30.3 Å². The van der Waals surface area contributed by atoms with Gasteiger partial charge >= 0.3 is 0 Å². The number of nitrogens with one attached hydrogen (secondary N) is 1. The summed E-state index contributed by atoms with van der Waals surface area (Å²) in [6.07, 6.45) is 0.153. The number of amides is 3. The summed E-state index contributed by atoms with van der Waals surface area (Å²) in [6.45, 7) is 1.41. The number of fused-ring (bicyclic) bond motifs is 1. The quantitative estimate of drug-likeness (QED) is 0.494. The average molecular weight is 412 g/mol. The van der Waals surface area contributed by atoms with Gasteiger partial charge in [0.25, 0.3) is 11.8 Å². The molecule has 1 aliphatic heterocycles. The second kappa shape index (κ2) is 8.36. The molecule has 6 heteroatoms. The summed E-state index contributed by atoms with van der Waals surface area (Å²) in [4.78, 5) is 52.4. The Balaban J connectivity index is 1.71. The minimum Gasteiger partial charge on any atom is -0.324 e.